The fraction of sp³-hybridized carbons (Fsp3) is 0.294. The fourth-order valence-corrected chi connectivity index (χ4v) is 2.35. The zero-order valence-electron chi connectivity index (χ0n) is 12.2. The van der Waals surface area contributed by atoms with Crippen molar-refractivity contribution in [3.8, 4) is 5.75 Å². The maximum absolute atomic E-state index is 5.68. The van der Waals surface area contributed by atoms with Crippen LogP contribution in [-0.4, -0.2) is 19.1 Å². The minimum absolute atomic E-state index is 0.587. The second-order valence-electron chi connectivity index (χ2n) is 5.01. The summed E-state index contributed by atoms with van der Waals surface area (Å²) in [6, 6.07) is 16.6. The number of para-hydroxylation sites is 1. The van der Waals surface area contributed by atoms with E-state index < -0.39 is 0 Å². The first-order valence-corrected chi connectivity index (χ1v) is 6.81. The van der Waals surface area contributed by atoms with Crippen molar-refractivity contribution in [1.29, 1.82) is 0 Å². The summed E-state index contributed by atoms with van der Waals surface area (Å²) in [5, 5.41) is 0. The predicted molar refractivity (Wildman–Crippen MR) is 82.5 cm³/mol. The predicted octanol–water partition coefficient (Wildman–Crippen LogP) is 2.79. The lowest BCUT2D eigenvalue weighted by Gasteiger charge is -2.18. The van der Waals surface area contributed by atoms with Crippen molar-refractivity contribution in [2.45, 2.75) is 19.6 Å². The van der Waals surface area contributed by atoms with Crippen LogP contribution in [0, 0.1) is 0 Å². The third kappa shape index (κ3) is 3.83. The number of nitrogens with zero attached hydrogens (tertiary/aromatic N) is 1. The summed E-state index contributed by atoms with van der Waals surface area (Å²) < 4.78 is 5.39. The Kier molecular flexibility index (Phi) is 5.16. The van der Waals surface area contributed by atoms with Crippen molar-refractivity contribution < 1.29 is 4.74 Å². The molecule has 0 aliphatic heterocycles. The van der Waals surface area contributed by atoms with Crippen molar-refractivity contribution in [2.24, 2.45) is 5.73 Å². The Balaban J connectivity index is 2.03. The fourth-order valence-electron chi connectivity index (χ4n) is 2.35. The molecule has 0 unspecified atom stereocenters. The quantitative estimate of drug-likeness (QED) is 0.877. The van der Waals surface area contributed by atoms with E-state index >= 15 is 0 Å². The molecule has 3 nitrogen and oxygen atoms in total. The van der Waals surface area contributed by atoms with Crippen molar-refractivity contribution >= 4 is 0 Å². The van der Waals surface area contributed by atoms with Crippen LogP contribution < -0.4 is 10.5 Å². The molecule has 106 valence electrons. The van der Waals surface area contributed by atoms with Crippen molar-refractivity contribution in [3.63, 3.8) is 0 Å². The van der Waals surface area contributed by atoms with Gasteiger partial charge in [0.15, 0.2) is 0 Å². The summed E-state index contributed by atoms with van der Waals surface area (Å²) in [5.41, 5.74) is 9.34. The topological polar surface area (TPSA) is 38.5 Å². The van der Waals surface area contributed by atoms with Gasteiger partial charge in [-0.15, -0.1) is 0 Å². The minimum Gasteiger partial charge on any atom is -0.496 e. The summed E-state index contributed by atoms with van der Waals surface area (Å²) in [5.74, 6) is 0.940. The third-order valence-electron chi connectivity index (χ3n) is 3.31. The number of benzene rings is 2. The number of rotatable bonds is 6. The Morgan fingerprint density at radius 1 is 1.00 bits per heavy atom. The molecule has 0 saturated heterocycles. The van der Waals surface area contributed by atoms with Gasteiger partial charge in [-0.25, -0.2) is 0 Å². The maximum Gasteiger partial charge on any atom is 0.123 e. The van der Waals surface area contributed by atoms with Gasteiger partial charge in [0.1, 0.15) is 5.75 Å². The summed E-state index contributed by atoms with van der Waals surface area (Å²) >= 11 is 0. The summed E-state index contributed by atoms with van der Waals surface area (Å²) in [7, 11) is 3.82. The van der Waals surface area contributed by atoms with E-state index in [0.717, 1.165) is 18.8 Å². The summed E-state index contributed by atoms with van der Waals surface area (Å²) in [4.78, 5) is 2.27. The number of hydrogen-bond acceptors (Lipinski definition) is 3. The van der Waals surface area contributed by atoms with Gasteiger partial charge in [0, 0.05) is 25.2 Å². The van der Waals surface area contributed by atoms with Crippen LogP contribution in [0.5, 0.6) is 5.75 Å². The van der Waals surface area contributed by atoms with Crippen LogP contribution in [0.2, 0.25) is 0 Å². The molecule has 0 aromatic heterocycles. The van der Waals surface area contributed by atoms with E-state index in [2.05, 4.69) is 42.3 Å². The monoisotopic (exact) mass is 270 g/mol. The lowest BCUT2D eigenvalue weighted by molar-refractivity contribution is 0.310. The molecule has 0 fully saturated rings. The third-order valence-corrected chi connectivity index (χ3v) is 3.31. The maximum atomic E-state index is 5.68. The first-order valence-electron chi connectivity index (χ1n) is 6.81. The van der Waals surface area contributed by atoms with Gasteiger partial charge in [0.25, 0.3) is 0 Å². The Hall–Kier alpha value is -1.84. The van der Waals surface area contributed by atoms with Crippen molar-refractivity contribution in [3.05, 3.63) is 65.2 Å². The molecule has 0 radical (unpaired) electrons. The zero-order chi connectivity index (χ0) is 14.4. The highest BCUT2D eigenvalue weighted by atomic mass is 16.5. The van der Waals surface area contributed by atoms with Crippen LogP contribution in [0.25, 0.3) is 0 Å². The van der Waals surface area contributed by atoms with E-state index in [4.69, 9.17) is 10.5 Å². The molecule has 2 aromatic carbocycles. The highest BCUT2D eigenvalue weighted by Gasteiger charge is 2.06. The molecule has 2 rings (SSSR count). The highest BCUT2D eigenvalue weighted by Crippen LogP contribution is 2.19. The molecule has 0 aliphatic rings. The average Bonchev–Trinajstić information content (AvgIpc) is 2.48. The molecule has 2 aromatic rings. The Labute approximate surface area is 121 Å². The van der Waals surface area contributed by atoms with Gasteiger partial charge >= 0.3 is 0 Å². The van der Waals surface area contributed by atoms with Crippen LogP contribution in [0.1, 0.15) is 16.7 Å². The molecule has 0 bridgehead atoms. The second-order valence-corrected chi connectivity index (χ2v) is 5.01. The van der Waals surface area contributed by atoms with Crippen LogP contribution in [-0.2, 0) is 19.6 Å². The van der Waals surface area contributed by atoms with Crippen molar-refractivity contribution in [2.75, 3.05) is 14.2 Å². The van der Waals surface area contributed by atoms with Gasteiger partial charge in [-0.2, -0.15) is 0 Å². The van der Waals surface area contributed by atoms with Crippen LogP contribution in [0.15, 0.2) is 48.5 Å². The van der Waals surface area contributed by atoms with Gasteiger partial charge in [0.05, 0.1) is 7.11 Å². The Bertz CT molecular complexity index is 554. The second kappa shape index (κ2) is 7.08. The van der Waals surface area contributed by atoms with E-state index in [0.29, 0.717) is 6.54 Å². The minimum atomic E-state index is 0.587. The summed E-state index contributed by atoms with van der Waals surface area (Å²) in [6.45, 7) is 2.34. The molecule has 0 aliphatic carbocycles. The van der Waals surface area contributed by atoms with Crippen LogP contribution >= 0.6 is 0 Å². The molecule has 0 atom stereocenters. The standard InChI is InChI=1S/C17H22N2O/c1-19(12-15-7-5-6-14(10-15)11-18)13-16-8-3-4-9-17(16)20-2/h3-10H,11-13,18H2,1-2H3. The molecule has 0 heterocycles. The molecule has 3 heteroatoms. The van der Waals surface area contributed by atoms with Gasteiger partial charge in [-0.3, -0.25) is 4.90 Å². The largest absolute Gasteiger partial charge is 0.496 e. The van der Waals surface area contributed by atoms with Gasteiger partial charge in [-0.05, 0) is 24.2 Å². The van der Waals surface area contributed by atoms with E-state index in [1.807, 2.05) is 18.2 Å². The summed E-state index contributed by atoms with van der Waals surface area (Å²) in [6.07, 6.45) is 0. The molecule has 2 N–H and O–H groups in total. The number of nitrogens with two attached hydrogens (primary N) is 1. The smallest absolute Gasteiger partial charge is 0.123 e. The van der Waals surface area contributed by atoms with E-state index in [1.165, 1.54) is 16.7 Å². The molecular weight excluding hydrogens is 248 g/mol. The van der Waals surface area contributed by atoms with Crippen molar-refractivity contribution in [1.82, 2.24) is 4.90 Å². The number of ether oxygens (including phenoxy) is 1. The average molecular weight is 270 g/mol. The first-order chi connectivity index (χ1) is 9.72. The lowest BCUT2D eigenvalue weighted by Crippen LogP contribution is -2.17. The van der Waals surface area contributed by atoms with Gasteiger partial charge in [0.2, 0.25) is 0 Å². The molecule has 0 spiro atoms. The van der Waals surface area contributed by atoms with E-state index in [-0.39, 0.29) is 0 Å². The van der Waals surface area contributed by atoms with Gasteiger partial charge in [-0.1, -0.05) is 42.5 Å². The number of methoxy groups -OCH3 is 1. The van der Waals surface area contributed by atoms with Crippen LogP contribution in [0.3, 0.4) is 0 Å². The SMILES string of the molecule is COc1ccccc1CN(C)Cc1cccc(CN)c1. The highest BCUT2D eigenvalue weighted by molar-refractivity contribution is 5.33. The molecular formula is C17H22N2O. The Morgan fingerprint density at radius 2 is 1.75 bits per heavy atom. The normalized spacial score (nSPS) is 10.8. The Morgan fingerprint density at radius 3 is 2.50 bits per heavy atom. The lowest BCUT2D eigenvalue weighted by atomic mass is 10.1. The molecule has 0 saturated carbocycles. The van der Waals surface area contributed by atoms with E-state index in [9.17, 15) is 0 Å². The van der Waals surface area contributed by atoms with E-state index in [1.54, 1.807) is 7.11 Å². The van der Waals surface area contributed by atoms with Gasteiger partial charge < -0.3 is 10.5 Å². The number of hydrogen-bond donors (Lipinski definition) is 1. The molecule has 0 amide bonds. The molecule has 20 heavy (non-hydrogen) atoms. The zero-order valence-corrected chi connectivity index (χ0v) is 12.2. The first kappa shape index (κ1) is 14.6. The van der Waals surface area contributed by atoms with Crippen LogP contribution in [0.4, 0.5) is 0 Å².